The molecule has 0 bridgehead atoms. The molecule has 16 heavy (non-hydrogen) atoms. The largest absolute Gasteiger partial charge is 0.354 e. The minimum absolute atomic E-state index is 0.0496. The van der Waals surface area contributed by atoms with Gasteiger partial charge < -0.3 is 10.6 Å². The van der Waals surface area contributed by atoms with E-state index in [1.807, 2.05) is 30.9 Å². The van der Waals surface area contributed by atoms with Gasteiger partial charge in [0.25, 0.3) is 0 Å². The predicted octanol–water partition coefficient (Wildman–Crippen LogP) is 2.04. The lowest BCUT2D eigenvalue weighted by Crippen LogP contribution is -2.38. The quantitative estimate of drug-likeness (QED) is 0.855. The maximum atomic E-state index is 5.98. The average Bonchev–Trinajstić information content (AvgIpc) is 2.29. The molecule has 0 aliphatic carbocycles. The van der Waals surface area contributed by atoms with Crippen LogP contribution in [0.15, 0.2) is 18.3 Å². The first-order valence-corrected chi connectivity index (χ1v) is 6.80. The van der Waals surface area contributed by atoms with E-state index in [1.54, 1.807) is 0 Å². The van der Waals surface area contributed by atoms with E-state index in [0.717, 1.165) is 24.5 Å². The van der Waals surface area contributed by atoms with Gasteiger partial charge in [0, 0.05) is 41.9 Å². The molecule has 1 aromatic heterocycles. The molecule has 2 N–H and O–H groups in total. The molecule has 1 saturated heterocycles. The van der Waals surface area contributed by atoms with Crippen molar-refractivity contribution in [3.63, 3.8) is 0 Å². The summed E-state index contributed by atoms with van der Waals surface area (Å²) >= 11 is 2.03. The Hall–Kier alpha value is -0.740. The van der Waals surface area contributed by atoms with Crippen LogP contribution in [0.4, 0.5) is 5.82 Å². The average molecular weight is 237 g/mol. The standard InChI is InChI=1S/C12H19N3S/c1-9-8-15(6-7-16-9)12-11(10(2)13)4-3-5-14-12/h3-5,9-10H,6-8,13H2,1-2H3. The molecule has 2 heterocycles. The van der Waals surface area contributed by atoms with Crippen LogP contribution < -0.4 is 10.6 Å². The highest BCUT2D eigenvalue weighted by Crippen LogP contribution is 2.27. The third kappa shape index (κ3) is 2.50. The van der Waals surface area contributed by atoms with Crippen molar-refractivity contribution in [2.24, 2.45) is 5.73 Å². The van der Waals surface area contributed by atoms with E-state index >= 15 is 0 Å². The zero-order valence-electron chi connectivity index (χ0n) is 9.89. The number of nitrogens with two attached hydrogens (primary N) is 1. The third-order valence-corrected chi connectivity index (χ3v) is 3.98. The Morgan fingerprint density at radius 2 is 2.44 bits per heavy atom. The summed E-state index contributed by atoms with van der Waals surface area (Å²) in [4.78, 5) is 6.86. The fraction of sp³-hybridized carbons (Fsp3) is 0.583. The van der Waals surface area contributed by atoms with Gasteiger partial charge >= 0.3 is 0 Å². The molecule has 1 aliphatic rings. The molecule has 0 saturated carbocycles. The number of pyridine rings is 1. The summed E-state index contributed by atoms with van der Waals surface area (Å²) in [5.74, 6) is 2.25. The Kier molecular flexibility index (Phi) is 3.71. The van der Waals surface area contributed by atoms with Gasteiger partial charge in [-0.3, -0.25) is 0 Å². The van der Waals surface area contributed by atoms with Gasteiger partial charge in [-0.25, -0.2) is 4.98 Å². The Morgan fingerprint density at radius 1 is 1.62 bits per heavy atom. The van der Waals surface area contributed by atoms with Crippen molar-refractivity contribution >= 4 is 17.6 Å². The summed E-state index contributed by atoms with van der Waals surface area (Å²) in [5.41, 5.74) is 7.14. The van der Waals surface area contributed by atoms with Crippen LogP contribution in [0, 0.1) is 0 Å². The van der Waals surface area contributed by atoms with Crippen LogP contribution in [0.5, 0.6) is 0 Å². The number of hydrogen-bond donors (Lipinski definition) is 1. The van der Waals surface area contributed by atoms with Gasteiger partial charge in [-0.2, -0.15) is 11.8 Å². The van der Waals surface area contributed by atoms with Gasteiger partial charge in [-0.15, -0.1) is 0 Å². The van der Waals surface area contributed by atoms with E-state index < -0.39 is 0 Å². The SMILES string of the molecule is CC1CN(c2ncccc2C(C)N)CCS1. The molecule has 2 unspecified atom stereocenters. The van der Waals surface area contributed by atoms with E-state index in [-0.39, 0.29) is 6.04 Å². The van der Waals surface area contributed by atoms with Gasteiger partial charge in [0.1, 0.15) is 5.82 Å². The maximum Gasteiger partial charge on any atom is 0.133 e. The smallest absolute Gasteiger partial charge is 0.133 e. The summed E-state index contributed by atoms with van der Waals surface area (Å²) in [6.45, 7) is 6.43. The Balaban J connectivity index is 2.25. The van der Waals surface area contributed by atoms with Gasteiger partial charge in [0.05, 0.1) is 0 Å². The van der Waals surface area contributed by atoms with E-state index in [9.17, 15) is 0 Å². The number of hydrogen-bond acceptors (Lipinski definition) is 4. The van der Waals surface area contributed by atoms with Crippen LogP contribution in [0.1, 0.15) is 25.5 Å². The van der Waals surface area contributed by atoms with Crippen molar-refractivity contribution in [3.05, 3.63) is 23.9 Å². The molecular formula is C12H19N3S. The monoisotopic (exact) mass is 237 g/mol. The van der Waals surface area contributed by atoms with Crippen molar-refractivity contribution in [1.82, 2.24) is 4.98 Å². The number of nitrogens with zero attached hydrogens (tertiary/aromatic N) is 2. The molecule has 1 aliphatic heterocycles. The Labute approximate surface area is 101 Å². The predicted molar refractivity (Wildman–Crippen MR) is 71.0 cm³/mol. The molecule has 0 radical (unpaired) electrons. The van der Waals surface area contributed by atoms with Gasteiger partial charge in [0.2, 0.25) is 0 Å². The van der Waals surface area contributed by atoms with Gasteiger partial charge in [0.15, 0.2) is 0 Å². The molecule has 2 atom stereocenters. The van der Waals surface area contributed by atoms with E-state index in [0.29, 0.717) is 5.25 Å². The number of thioether (sulfide) groups is 1. The molecular weight excluding hydrogens is 218 g/mol. The zero-order chi connectivity index (χ0) is 11.5. The highest BCUT2D eigenvalue weighted by molar-refractivity contribution is 8.00. The number of aromatic nitrogens is 1. The zero-order valence-corrected chi connectivity index (χ0v) is 10.7. The van der Waals surface area contributed by atoms with Crippen LogP contribution in [-0.2, 0) is 0 Å². The van der Waals surface area contributed by atoms with E-state index in [2.05, 4.69) is 22.9 Å². The van der Waals surface area contributed by atoms with Crippen LogP contribution >= 0.6 is 11.8 Å². The van der Waals surface area contributed by atoms with E-state index in [1.165, 1.54) is 5.75 Å². The minimum Gasteiger partial charge on any atom is -0.354 e. The summed E-state index contributed by atoms with van der Waals surface area (Å²) in [7, 11) is 0. The molecule has 1 fully saturated rings. The molecule has 0 aromatic carbocycles. The molecule has 0 spiro atoms. The van der Waals surface area contributed by atoms with Crippen molar-refractivity contribution < 1.29 is 0 Å². The fourth-order valence-corrected chi connectivity index (χ4v) is 3.05. The second kappa shape index (κ2) is 5.06. The molecule has 2 rings (SSSR count). The highest BCUT2D eigenvalue weighted by atomic mass is 32.2. The lowest BCUT2D eigenvalue weighted by atomic mass is 10.1. The summed E-state index contributed by atoms with van der Waals surface area (Å²) in [6, 6.07) is 4.09. The molecule has 3 nitrogen and oxygen atoms in total. The number of anilines is 1. The first-order valence-electron chi connectivity index (χ1n) is 5.75. The van der Waals surface area contributed by atoms with Crippen molar-refractivity contribution in [2.45, 2.75) is 25.1 Å². The molecule has 4 heteroatoms. The topological polar surface area (TPSA) is 42.2 Å². The van der Waals surface area contributed by atoms with Crippen molar-refractivity contribution in [1.29, 1.82) is 0 Å². The van der Waals surface area contributed by atoms with Gasteiger partial charge in [-0.05, 0) is 13.0 Å². The first-order chi connectivity index (χ1) is 7.68. The summed E-state index contributed by atoms with van der Waals surface area (Å²) < 4.78 is 0. The normalized spacial score (nSPS) is 23.2. The fourth-order valence-electron chi connectivity index (χ4n) is 2.04. The van der Waals surface area contributed by atoms with Crippen molar-refractivity contribution in [3.8, 4) is 0 Å². The minimum atomic E-state index is 0.0496. The van der Waals surface area contributed by atoms with Crippen LogP contribution in [-0.4, -0.2) is 29.1 Å². The van der Waals surface area contributed by atoms with E-state index in [4.69, 9.17) is 5.73 Å². The van der Waals surface area contributed by atoms with Crippen LogP contribution in [0.2, 0.25) is 0 Å². The van der Waals surface area contributed by atoms with Crippen LogP contribution in [0.25, 0.3) is 0 Å². The maximum absolute atomic E-state index is 5.98. The summed E-state index contributed by atoms with van der Waals surface area (Å²) in [6.07, 6.45) is 1.85. The first kappa shape index (κ1) is 11.7. The number of rotatable bonds is 2. The second-order valence-corrected chi connectivity index (χ2v) is 5.88. The highest BCUT2D eigenvalue weighted by Gasteiger charge is 2.20. The lowest BCUT2D eigenvalue weighted by Gasteiger charge is -2.33. The van der Waals surface area contributed by atoms with Crippen LogP contribution in [0.3, 0.4) is 0 Å². The molecule has 88 valence electrons. The van der Waals surface area contributed by atoms with Crippen molar-refractivity contribution in [2.75, 3.05) is 23.7 Å². The Morgan fingerprint density at radius 3 is 3.12 bits per heavy atom. The third-order valence-electron chi connectivity index (χ3n) is 2.85. The summed E-state index contributed by atoms with van der Waals surface area (Å²) in [5, 5.41) is 0.677. The Bertz CT molecular complexity index is 354. The lowest BCUT2D eigenvalue weighted by molar-refractivity contribution is 0.740. The second-order valence-electron chi connectivity index (χ2n) is 4.33. The van der Waals surface area contributed by atoms with Gasteiger partial charge in [-0.1, -0.05) is 13.0 Å². The molecule has 0 amide bonds. The molecule has 1 aromatic rings.